The van der Waals surface area contributed by atoms with E-state index in [1.165, 1.54) is 32.1 Å². The zero-order valence-corrected chi connectivity index (χ0v) is 13.6. The molecule has 2 nitrogen and oxygen atoms in total. The quantitative estimate of drug-likeness (QED) is 0.716. The second kappa shape index (κ2) is 5.36. The molecule has 3 rings (SSSR count). The van der Waals surface area contributed by atoms with Crippen molar-refractivity contribution in [2.24, 2.45) is 40.9 Å². The maximum absolute atomic E-state index is 5.57. The number of rotatable bonds is 4. The molecule has 7 atom stereocenters. The molecule has 0 aromatic heterocycles. The van der Waals surface area contributed by atoms with E-state index in [1.807, 2.05) is 0 Å². The zero-order valence-electron chi connectivity index (χ0n) is 13.6. The van der Waals surface area contributed by atoms with Crippen molar-refractivity contribution < 1.29 is 10.2 Å². The topological polar surface area (TPSA) is 40.7 Å². The molecule has 2 N–H and O–H groups in total. The van der Waals surface area contributed by atoms with Crippen LogP contribution in [0.15, 0.2) is 12.3 Å². The van der Waals surface area contributed by atoms with Gasteiger partial charge in [0.15, 0.2) is 0 Å². The summed E-state index contributed by atoms with van der Waals surface area (Å²) in [7, 11) is 1.80. The van der Waals surface area contributed by atoms with E-state index >= 15 is 0 Å². The maximum atomic E-state index is 5.57. The van der Waals surface area contributed by atoms with E-state index in [0.29, 0.717) is 0 Å². The average Bonchev–Trinajstić information content (AvgIpc) is 3.00. The van der Waals surface area contributed by atoms with E-state index in [2.05, 4.69) is 27.4 Å². The van der Waals surface area contributed by atoms with Gasteiger partial charge in [0.2, 0.25) is 0 Å². The molecule has 0 aliphatic heterocycles. The number of fused-ring (bicyclic) bond motifs is 5. The van der Waals surface area contributed by atoms with Crippen molar-refractivity contribution in [3.05, 3.63) is 12.3 Å². The molecule has 3 aliphatic carbocycles. The van der Waals surface area contributed by atoms with Gasteiger partial charge in [0, 0.05) is 5.41 Å². The SMILES string of the molecule is C=C(OC)C1(C)CC2CC1C1C(CCC)CC(C)C21.O. The van der Waals surface area contributed by atoms with Gasteiger partial charge in [-0.3, -0.25) is 0 Å². The Morgan fingerprint density at radius 2 is 2.00 bits per heavy atom. The first-order valence-electron chi connectivity index (χ1n) is 8.26. The van der Waals surface area contributed by atoms with Gasteiger partial charge in [-0.05, 0) is 54.8 Å². The highest BCUT2D eigenvalue weighted by Gasteiger charge is 2.64. The van der Waals surface area contributed by atoms with Crippen molar-refractivity contribution in [1.29, 1.82) is 0 Å². The van der Waals surface area contributed by atoms with Crippen molar-refractivity contribution in [2.45, 2.75) is 52.9 Å². The lowest BCUT2D eigenvalue weighted by atomic mass is 9.63. The summed E-state index contributed by atoms with van der Waals surface area (Å²) in [6.45, 7) is 11.5. The Morgan fingerprint density at radius 1 is 1.30 bits per heavy atom. The molecule has 0 aromatic carbocycles. The Balaban J connectivity index is 0.00000147. The zero-order chi connectivity index (χ0) is 13.8. The number of ether oxygens (including phenoxy) is 1. The van der Waals surface area contributed by atoms with Crippen LogP contribution in [0.1, 0.15) is 52.9 Å². The first kappa shape index (κ1) is 15.9. The average molecular weight is 280 g/mol. The lowest BCUT2D eigenvalue weighted by molar-refractivity contribution is 0.0489. The Kier molecular flexibility index (Phi) is 4.26. The highest BCUT2D eigenvalue weighted by molar-refractivity contribution is 5.18. The number of hydrogen-bond acceptors (Lipinski definition) is 1. The van der Waals surface area contributed by atoms with Gasteiger partial charge in [0.25, 0.3) is 0 Å². The van der Waals surface area contributed by atoms with Crippen LogP contribution in [0.2, 0.25) is 0 Å². The molecule has 116 valence electrons. The maximum Gasteiger partial charge on any atom is 0.0945 e. The van der Waals surface area contributed by atoms with Crippen LogP contribution in [0.4, 0.5) is 0 Å². The summed E-state index contributed by atoms with van der Waals surface area (Å²) in [6, 6.07) is 0. The summed E-state index contributed by atoms with van der Waals surface area (Å²) < 4.78 is 5.57. The lowest BCUT2D eigenvalue weighted by Gasteiger charge is -2.43. The van der Waals surface area contributed by atoms with Crippen molar-refractivity contribution >= 4 is 0 Å². The third-order valence-corrected chi connectivity index (χ3v) is 6.93. The van der Waals surface area contributed by atoms with Crippen LogP contribution < -0.4 is 0 Å². The molecule has 0 amide bonds. The molecule has 0 radical (unpaired) electrons. The van der Waals surface area contributed by atoms with Crippen LogP contribution in [0.3, 0.4) is 0 Å². The highest BCUT2D eigenvalue weighted by Crippen LogP contribution is 2.70. The fourth-order valence-electron chi connectivity index (χ4n) is 6.34. The minimum absolute atomic E-state index is 0. The normalized spacial score (nSPS) is 48.8. The van der Waals surface area contributed by atoms with E-state index in [0.717, 1.165) is 41.3 Å². The third kappa shape index (κ3) is 1.94. The minimum Gasteiger partial charge on any atom is -0.501 e. The van der Waals surface area contributed by atoms with E-state index in [4.69, 9.17) is 4.74 Å². The smallest absolute Gasteiger partial charge is 0.0945 e. The summed E-state index contributed by atoms with van der Waals surface area (Å²) in [4.78, 5) is 0. The molecular formula is C18H32O2. The van der Waals surface area contributed by atoms with Gasteiger partial charge in [0.1, 0.15) is 0 Å². The van der Waals surface area contributed by atoms with E-state index in [9.17, 15) is 0 Å². The summed E-state index contributed by atoms with van der Waals surface area (Å²) >= 11 is 0. The first-order chi connectivity index (χ1) is 9.02. The second-order valence-corrected chi connectivity index (χ2v) is 7.77. The van der Waals surface area contributed by atoms with E-state index in [1.54, 1.807) is 7.11 Å². The lowest BCUT2D eigenvalue weighted by Crippen LogP contribution is -2.37. The molecule has 2 bridgehead atoms. The second-order valence-electron chi connectivity index (χ2n) is 7.77. The van der Waals surface area contributed by atoms with Gasteiger partial charge in [-0.25, -0.2) is 0 Å². The molecule has 0 heterocycles. The van der Waals surface area contributed by atoms with E-state index in [-0.39, 0.29) is 10.9 Å². The molecule has 0 aromatic rings. The molecule has 3 saturated carbocycles. The molecule has 3 aliphatic rings. The summed E-state index contributed by atoms with van der Waals surface area (Å²) in [5, 5.41) is 0. The molecule has 7 unspecified atom stereocenters. The molecule has 20 heavy (non-hydrogen) atoms. The number of allylic oxidation sites excluding steroid dienone is 1. The molecule has 0 saturated heterocycles. The third-order valence-electron chi connectivity index (χ3n) is 6.93. The van der Waals surface area contributed by atoms with Gasteiger partial charge < -0.3 is 10.2 Å². The van der Waals surface area contributed by atoms with Crippen molar-refractivity contribution in [1.82, 2.24) is 0 Å². The molecular weight excluding hydrogens is 248 g/mol. The predicted molar refractivity (Wildman–Crippen MR) is 83.2 cm³/mol. The van der Waals surface area contributed by atoms with Crippen LogP contribution in [0, 0.1) is 40.9 Å². The minimum atomic E-state index is 0. The Bertz CT molecular complexity index is 378. The standard InChI is InChI=1S/C18H30O.H2O/c1-6-7-13-8-11(2)16-14-9-15(17(13)16)18(4,10-14)12(3)19-5;/h11,13-17H,3,6-10H2,1-2,4-5H3;1H2. The predicted octanol–water partition coefficient (Wildman–Crippen LogP) is 4.06. The van der Waals surface area contributed by atoms with Gasteiger partial charge in [0.05, 0.1) is 12.9 Å². The monoisotopic (exact) mass is 280 g/mol. The Morgan fingerprint density at radius 3 is 2.60 bits per heavy atom. The first-order valence-corrected chi connectivity index (χ1v) is 8.26. The Hall–Kier alpha value is -0.500. The summed E-state index contributed by atoms with van der Waals surface area (Å²) in [6.07, 6.45) is 7.03. The van der Waals surface area contributed by atoms with E-state index < -0.39 is 0 Å². The van der Waals surface area contributed by atoms with Crippen molar-refractivity contribution in [3.8, 4) is 0 Å². The fourth-order valence-corrected chi connectivity index (χ4v) is 6.34. The highest BCUT2D eigenvalue weighted by atomic mass is 16.5. The van der Waals surface area contributed by atoms with Gasteiger partial charge in [-0.1, -0.05) is 40.2 Å². The van der Waals surface area contributed by atoms with Crippen LogP contribution in [-0.2, 0) is 4.74 Å². The van der Waals surface area contributed by atoms with Crippen LogP contribution in [-0.4, -0.2) is 12.6 Å². The van der Waals surface area contributed by atoms with Crippen LogP contribution in [0.25, 0.3) is 0 Å². The number of methoxy groups -OCH3 is 1. The van der Waals surface area contributed by atoms with Crippen molar-refractivity contribution in [2.75, 3.05) is 7.11 Å². The van der Waals surface area contributed by atoms with Gasteiger partial charge in [-0.2, -0.15) is 0 Å². The van der Waals surface area contributed by atoms with Crippen molar-refractivity contribution in [3.63, 3.8) is 0 Å². The Labute approximate surface area is 124 Å². The van der Waals surface area contributed by atoms with Gasteiger partial charge in [-0.15, -0.1) is 0 Å². The van der Waals surface area contributed by atoms with Crippen LogP contribution >= 0.6 is 0 Å². The van der Waals surface area contributed by atoms with Gasteiger partial charge >= 0.3 is 0 Å². The molecule has 3 fully saturated rings. The molecule has 2 heteroatoms. The van der Waals surface area contributed by atoms with Crippen LogP contribution in [0.5, 0.6) is 0 Å². The molecule has 0 spiro atoms. The fraction of sp³-hybridized carbons (Fsp3) is 0.889. The largest absolute Gasteiger partial charge is 0.501 e. The summed E-state index contributed by atoms with van der Waals surface area (Å²) in [5.41, 5.74) is 0.261. The summed E-state index contributed by atoms with van der Waals surface area (Å²) in [5.74, 6) is 6.75. The number of hydrogen-bond donors (Lipinski definition) is 0.